The van der Waals surface area contributed by atoms with Crippen LogP contribution in [0.3, 0.4) is 0 Å². The van der Waals surface area contributed by atoms with E-state index in [0.29, 0.717) is 0 Å². The zero-order valence-corrected chi connectivity index (χ0v) is 32.6. The van der Waals surface area contributed by atoms with Crippen LogP contribution in [-0.2, 0) is 0 Å². The zero-order valence-electron chi connectivity index (χ0n) is 32.6. The average molecular weight is 762 g/mol. The van der Waals surface area contributed by atoms with Crippen LogP contribution < -0.4 is 4.90 Å². The predicted molar refractivity (Wildman–Crippen MR) is 255 cm³/mol. The summed E-state index contributed by atoms with van der Waals surface area (Å²) in [6.07, 6.45) is 0. The van der Waals surface area contributed by atoms with E-state index < -0.39 is 0 Å². The Morgan fingerprint density at radius 3 is 1.45 bits per heavy atom. The standard InChI is InChI=1S/C58H35NO/c1-2-11-36(12-3-1)37-27-31-42(32-28-37)59(43-33-29-38(30-34-43)44-17-10-24-53-57(44)50-16-4-5-23-52(50)60-53)51-35-41-15-8-20-46-45-18-6-13-39-25-26-40-14-7-19-47(55(40)54(39)45)48-21-9-22-49(51)58(48)56(41)46/h1-35H. The molecule has 0 amide bonds. The fourth-order valence-electron chi connectivity index (χ4n) is 10.1. The van der Waals surface area contributed by atoms with Gasteiger partial charge in [-0.2, -0.15) is 0 Å². The summed E-state index contributed by atoms with van der Waals surface area (Å²) in [7, 11) is 0. The third-order valence-corrected chi connectivity index (χ3v) is 12.8. The number of anilines is 3. The Bertz CT molecular complexity index is 3800. The molecule has 278 valence electrons. The molecule has 12 aromatic carbocycles. The number of furan rings is 1. The van der Waals surface area contributed by atoms with Crippen LogP contribution in [0.15, 0.2) is 217 Å². The van der Waals surface area contributed by atoms with Crippen LogP contribution in [0.2, 0.25) is 0 Å². The van der Waals surface area contributed by atoms with Gasteiger partial charge in [0.2, 0.25) is 0 Å². The van der Waals surface area contributed by atoms with Gasteiger partial charge >= 0.3 is 0 Å². The van der Waals surface area contributed by atoms with Crippen molar-refractivity contribution in [1.82, 2.24) is 0 Å². The molecule has 0 atom stereocenters. The Kier molecular flexibility index (Phi) is 7.05. The molecule has 0 saturated carbocycles. The van der Waals surface area contributed by atoms with Crippen LogP contribution in [0.5, 0.6) is 0 Å². The maximum Gasteiger partial charge on any atom is 0.136 e. The van der Waals surface area contributed by atoms with Crippen molar-refractivity contribution in [3.8, 4) is 22.3 Å². The molecule has 2 heteroatoms. The third-order valence-electron chi connectivity index (χ3n) is 12.8. The Morgan fingerprint density at radius 1 is 0.283 bits per heavy atom. The molecule has 1 heterocycles. The smallest absolute Gasteiger partial charge is 0.136 e. The number of hydrogen-bond donors (Lipinski definition) is 0. The second kappa shape index (κ2) is 12.8. The number of nitrogens with zero attached hydrogens (tertiary/aromatic N) is 1. The number of benzene rings is 11. The van der Waals surface area contributed by atoms with E-state index in [-0.39, 0.29) is 0 Å². The molecule has 13 rings (SSSR count). The predicted octanol–water partition coefficient (Wildman–Crippen LogP) is 16.7. The molecule has 0 fully saturated rings. The topological polar surface area (TPSA) is 16.4 Å². The van der Waals surface area contributed by atoms with Crippen LogP contribution in [0.1, 0.15) is 0 Å². The summed E-state index contributed by atoms with van der Waals surface area (Å²) < 4.78 is 6.29. The maximum absolute atomic E-state index is 6.29. The lowest BCUT2D eigenvalue weighted by Gasteiger charge is -2.28. The van der Waals surface area contributed by atoms with Gasteiger partial charge in [-0.1, -0.05) is 170 Å². The molecule has 1 aromatic heterocycles. The first kappa shape index (κ1) is 33.1. The van der Waals surface area contributed by atoms with Gasteiger partial charge in [0, 0.05) is 32.9 Å². The van der Waals surface area contributed by atoms with E-state index in [0.717, 1.165) is 50.1 Å². The Labute approximate surface area is 346 Å². The van der Waals surface area contributed by atoms with Gasteiger partial charge in [-0.3, -0.25) is 0 Å². The Hall–Kier alpha value is -7.94. The summed E-state index contributed by atoms with van der Waals surface area (Å²) in [6.45, 7) is 0. The van der Waals surface area contributed by atoms with Crippen molar-refractivity contribution < 1.29 is 4.42 Å². The largest absolute Gasteiger partial charge is 0.456 e. The van der Waals surface area contributed by atoms with Gasteiger partial charge in [-0.05, 0) is 119 Å². The van der Waals surface area contributed by atoms with E-state index in [2.05, 4.69) is 205 Å². The first-order valence-electron chi connectivity index (χ1n) is 20.7. The van der Waals surface area contributed by atoms with E-state index >= 15 is 0 Å². The van der Waals surface area contributed by atoms with Gasteiger partial charge in [-0.25, -0.2) is 0 Å². The van der Waals surface area contributed by atoms with Crippen LogP contribution >= 0.6 is 0 Å². The molecule has 0 spiro atoms. The highest BCUT2D eigenvalue weighted by atomic mass is 16.3. The lowest BCUT2D eigenvalue weighted by Crippen LogP contribution is -2.10. The fourth-order valence-corrected chi connectivity index (χ4v) is 10.1. The molecule has 60 heavy (non-hydrogen) atoms. The lowest BCUT2D eigenvalue weighted by atomic mass is 9.87. The molecule has 0 bridgehead atoms. The number of rotatable bonds is 5. The second-order valence-corrected chi connectivity index (χ2v) is 16.0. The SMILES string of the molecule is c1ccc(-c2ccc(N(c3ccc(-c4cccc5oc6ccccc6c45)cc3)c3cc4cccc5c6cccc7ccc8cccc(c9cccc3c9c45)c8c76)cc2)cc1. The number of fused-ring (bicyclic) bond motifs is 5. The van der Waals surface area contributed by atoms with Crippen LogP contribution in [0, 0.1) is 0 Å². The maximum atomic E-state index is 6.29. The highest BCUT2D eigenvalue weighted by molar-refractivity contribution is 6.38. The van der Waals surface area contributed by atoms with E-state index in [9.17, 15) is 0 Å². The molecule has 0 aliphatic carbocycles. The first-order valence-corrected chi connectivity index (χ1v) is 20.7. The van der Waals surface area contributed by atoms with Crippen LogP contribution in [-0.4, -0.2) is 0 Å². The van der Waals surface area contributed by atoms with Crippen LogP contribution in [0.25, 0.3) is 109 Å². The minimum Gasteiger partial charge on any atom is -0.456 e. The van der Waals surface area contributed by atoms with Crippen molar-refractivity contribution >= 4 is 104 Å². The number of hydrogen-bond acceptors (Lipinski definition) is 2. The van der Waals surface area contributed by atoms with E-state index in [1.165, 1.54) is 75.8 Å². The molecule has 0 unspecified atom stereocenters. The molecular formula is C58H35NO. The van der Waals surface area contributed by atoms with Crippen molar-refractivity contribution in [1.29, 1.82) is 0 Å². The molecule has 0 N–H and O–H groups in total. The normalized spacial score (nSPS) is 12.0. The van der Waals surface area contributed by atoms with Crippen molar-refractivity contribution in [3.63, 3.8) is 0 Å². The van der Waals surface area contributed by atoms with Gasteiger partial charge in [0.25, 0.3) is 0 Å². The van der Waals surface area contributed by atoms with Gasteiger partial charge in [0.05, 0.1) is 5.69 Å². The summed E-state index contributed by atoms with van der Waals surface area (Å²) in [4.78, 5) is 2.45. The Balaban J connectivity index is 1.10. The Morgan fingerprint density at radius 2 is 0.767 bits per heavy atom. The summed E-state index contributed by atoms with van der Waals surface area (Å²) in [5.74, 6) is 0. The first-order chi connectivity index (χ1) is 29.8. The van der Waals surface area contributed by atoms with E-state index in [4.69, 9.17) is 4.42 Å². The molecule has 0 radical (unpaired) electrons. The van der Waals surface area contributed by atoms with Crippen molar-refractivity contribution in [2.75, 3.05) is 4.90 Å². The van der Waals surface area contributed by atoms with Gasteiger partial charge in [-0.15, -0.1) is 0 Å². The van der Waals surface area contributed by atoms with Gasteiger partial charge < -0.3 is 9.32 Å². The zero-order chi connectivity index (χ0) is 39.3. The second-order valence-electron chi connectivity index (χ2n) is 16.0. The molecule has 0 aliphatic heterocycles. The van der Waals surface area contributed by atoms with Gasteiger partial charge in [0.15, 0.2) is 0 Å². The molecule has 2 nitrogen and oxygen atoms in total. The van der Waals surface area contributed by atoms with Crippen molar-refractivity contribution in [2.45, 2.75) is 0 Å². The summed E-state index contributed by atoms with van der Waals surface area (Å²) in [6, 6.07) is 77.7. The molecular weight excluding hydrogens is 727 g/mol. The number of para-hydroxylation sites is 1. The van der Waals surface area contributed by atoms with Crippen molar-refractivity contribution in [2.24, 2.45) is 0 Å². The quantitative estimate of drug-likeness (QED) is 0.162. The summed E-state index contributed by atoms with van der Waals surface area (Å²) in [5, 5.41) is 17.5. The third kappa shape index (κ3) is 4.82. The van der Waals surface area contributed by atoms with Crippen LogP contribution in [0.4, 0.5) is 17.1 Å². The van der Waals surface area contributed by atoms with E-state index in [1.54, 1.807) is 0 Å². The lowest BCUT2D eigenvalue weighted by molar-refractivity contribution is 0.669. The molecule has 0 aliphatic rings. The molecule has 0 saturated heterocycles. The monoisotopic (exact) mass is 761 g/mol. The fraction of sp³-hybridized carbons (Fsp3) is 0. The minimum atomic E-state index is 0.901. The minimum absolute atomic E-state index is 0.901. The van der Waals surface area contributed by atoms with Crippen molar-refractivity contribution in [3.05, 3.63) is 212 Å². The van der Waals surface area contributed by atoms with E-state index in [1.807, 2.05) is 12.1 Å². The van der Waals surface area contributed by atoms with Gasteiger partial charge in [0.1, 0.15) is 11.2 Å². The summed E-state index contributed by atoms with van der Waals surface area (Å²) >= 11 is 0. The average Bonchev–Trinajstić information content (AvgIpc) is 3.70. The molecule has 13 aromatic rings. The highest BCUT2D eigenvalue weighted by Crippen LogP contribution is 2.48. The highest BCUT2D eigenvalue weighted by Gasteiger charge is 2.22. The summed E-state index contributed by atoms with van der Waals surface area (Å²) in [5.41, 5.74) is 9.82.